The van der Waals surface area contributed by atoms with E-state index in [2.05, 4.69) is 9.62 Å². The van der Waals surface area contributed by atoms with Gasteiger partial charge < -0.3 is 9.64 Å². The summed E-state index contributed by atoms with van der Waals surface area (Å²) >= 11 is 0. The van der Waals surface area contributed by atoms with Gasteiger partial charge in [-0.25, -0.2) is 8.42 Å². The second-order valence-corrected chi connectivity index (χ2v) is 9.37. The van der Waals surface area contributed by atoms with Crippen LogP contribution < -0.4 is 9.62 Å². The van der Waals surface area contributed by atoms with E-state index >= 15 is 0 Å². The van der Waals surface area contributed by atoms with E-state index in [1.54, 1.807) is 18.2 Å². The van der Waals surface area contributed by atoms with Gasteiger partial charge in [0.15, 0.2) is 0 Å². The van der Waals surface area contributed by atoms with E-state index in [0.717, 1.165) is 49.5 Å². The van der Waals surface area contributed by atoms with Crippen LogP contribution in [-0.2, 0) is 21.3 Å². The van der Waals surface area contributed by atoms with E-state index < -0.39 is 10.0 Å². The Balaban J connectivity index is 1.62. The number of benzene rings is 3. The van der Waals surface area contributed by atoms with Gasteiger partial charge in [-0.3, -0.25) is 9.62 Å². The molecule has 7 heteroatoms. The van der Waals surface area contributed by atoms with Gasteiger partial charge in [0.05, 0.1) is 18.1 Å². The number of fused-ring (bicyclic) bond motifs is 1. The molecule has 4 rings (SSSR count). The third kappa shape index (κ3) is 4.43. The molecule has 0 unspecified atom stereocenters. The molecule has 0 atom stereocenters. The summed E-state index contributed by atoms with van der Waals surface area (Å²) in [4.78, 5) is 4.58. The third-order valence-corrected chi connectivity index (χ3v) is 6.76. The van der Waals surface area contributed by atoms with Crippen LogP contribution in [0.2, 0.25) is 0 Å². The van der Waals surface area contributed by atoms with Crippen LogP contribution in [0.5, 0.6) is 0 Å². The standard InChI is InChI=1S/C23H27N3O3S/c1-25(2)22-10-4-9-21-20(22)8-5-11-23(21)30(27,28)24-19-7-3-6-18(16-19)17-26-12-14-29-15-13-26/h3-11,16,24H,12-15,17H2,1-2H3. The van der Waals surface area contributed by atoms with Gasteiger partial charge in [-0.1, -0.05) is 36.4 Å². The van der Waals surface area contributed by atoms with Crippen LogP contribution in [0.15, 0.2) is 65.6 Å². The minimum atomic E-state index is -3.73. The summed E-state index contributed by atoms with van der Waals surface area (Å²) < 4.78 is 34.7. The minimum absolute atomic E-state index is 0.280. The van der Waals surface area contributed by atoms with Crippen molar-refractivity contribution in [2.45, 2.75) is 11.4 Å². The Kier molecular flexibility index (Phi) is 5.94. The summed E-state index contributed by atoms with van der Waals surface area (Å²) in [5.74, 6) is 0. The molecule has 3 aromatic rings. The van der Waals surface area contributed by atoms with Crippen LogP contribution in [0.25, 0.3) is 10.8 Å². The maximum absolute atomic E-state index is 13.2. The van der Waals surface area contributed by atoms with Crippen LogP contribution in [0.1, 0.15) is 5.56 Å². The topological polar surface area (TPSA) is 61.9 Å². The molecule has 1 heterocycles. The van der Waals surface area contributed by atoms with Crippen molar-refractivity contribution >= 4 is 32.2 Å². The molecule has 158 valence electrons. The smallest absolute Gasteiger partial charge is 0.262 e. The van der Waals surface area contributed by atoms with Crippen molar-refractivity contribution in [3.8, 4) is 0 Å². The largest absolute Gasteiger partial charge is 0.379 e. The Hall–Kier alpha value is -2.61. The first-order valence-electron chi connectivity index (χ1n) is 10.0. The van der Waals surface area contributed by atoms with Crippen molar-refractivity contribution in [1.82, 2.24) is 4.90 Å². The molecule has 3 aromatic carbocycles. The Morgan fingerprint density at radius 2 is 1.67 bits per heavy atom. The summed E-state index contributed by atoms with van der Waals surface area (Å²) in [6.45, 7) is 4.03. The zero-order valence-electron chi connectivity index (χ0n) is 17.3. The maximum Gasteiger partial charge on any atom is 0.262 e. The molecule has 0 aromatic heterocycles. The first-order chi connectivity index (χ1) is 14.4. The molecule has 30 heavy (non-hydrogen) atoms. The van der Waals surface area contributed by atoms with Gasteiger partial charge in [0, 0.05) is 55.9 Å². The van der Waals surface area contributed by atoms with Gasteiger partial charge in [0.2, 0.25) is 0 Å². The van der Waals surface area contributed by atoms with Crippen LogP contribution in [0.4, 0.5) is 11.4 Å². The SMILES string of the molecule is CN(C)c1cccc2c(S(=O)(=O)Nc3cccc(CN4CCOCC4)c3)cccc12. The van der Waals surface area contributed by atoms with Gasteiger partial charge in [-0.2, -0.15) is 0 Å². The van der Waals surface area contributed by atoms with Crippen LogP contribution in [0.3, 0.4) is 0 Å². The fraction of sp³-hybridized carbons (Fsp3) is 0.304. The molecule has 1 fully saturated rings. The average Bonchev–Trinajstić information content (AvgIpc) is 2.73. The summed E-state index contributed by atoms with van der Waals surface area (Å²) in [6, 6.07) is 18.7. The molecule has 6 nitrogen and oxygen atoms in total. The zero-order valence-corrected chi connectivity index (χ0v) is 18.2. The minimum Gasteiger partial charge on any atom is -0.379 e. The van der Waals surface area contributed by atoms with Crippen molar-refractivity contribution in [1.29, 1.82) is 0 Å². The average molecular weight is 426 g/mol. The number of sulfonamides is 1. The predicted molar refractivity (Wildman–Crippen MR) is 122 cm³/mol. The normalized spacial score (nSPS) is 15.3. The van der Waals surface area contributed by atoms with Crippen molar-refractivity contribution < 1.29 is 13.2 Å². The van der Waals surface area contributed by atoms with Gasteiger partial charge >= 0.3 is 0 Å². The van der Waals surface area contributed by atoms with Crippen molar-refractivity contribution in [3.05, 3.63) is 66.2 Å². The molecule has 1 saturated heterocycles. The third-order valence-electron chi connectivity index (χ3n) is 5.32. The van der Waals surface area contributed by atoms with E-state index in [-0.39, 0.29) is 4.90 Å². The Morgan fingerprint density at radius 3 is 2.43 bits per heavy atom. The van der Waals surface area contributed by atoms with Gasteiger partial charge in [0.1, 0.15) is 0 Å². The molecule has 0 aliphatic carbocycles. The molecule has 1 aliphatic rings. The molecule has 0 amide bonds. The number of anilines is 2. The lowest BCUT2D eigenvalue weighted by Gasteiger charge is -2.26. The second-order valence-electron chi connectivity index (χ2n) is 7.72. The monoisotopic (exact) mass is 425 g/mol. The van der Waals surface area contributed by atoms with Gasteiger partial charge in [-0.05, 0) is 29.8 Å². The highest BCUT2D eigenvalue weighted by Crippen LogP contribution is 2.31. The highest BCUT2D eigenvalue weighted by atomic mass is 32.2. The van der Waals surface area contributed by atoms with Crippen molar-refractivity contribution in [2.24, 2.45) is 0 Å². The zero-order chi connectivity index (χ0) is 21.1. The van der Waals surface area contributed by atoms with Crippen LogP contribution in [0, 0.1) is 0 Å². The van der Waals surface area contributed by atoms with Crippen LogP contribution >= 0.6 is 0 Å². The quantitative estimate of drug-likeness (QED) is 0.655. The lowest BCUT2D eigenvalue weighted by atomic mass is 10.1. The molecule has 0 spiro atoms. The number of ether oxygens (including phenoxy) is 1. The summed E-state index contributed by atoms with van der Waals surface area (Å²) in [5, 5.41) is 1.62. The first-order valence-corrected chi connectivity index (χ1v) is 11.5. The fourth-order valence-corrected chi connectivity index (χ4v) is 5.12. The molecule has 0 saturated carbocycles. The second kappa shape index (κ2) is 8.63. The van der Waals surface area contributed by atoms with Crippen LogP contribution in [-0.4, -0.2) is 53.7 Å². The number of hydrogen-bond donors (Lipinski definition) is 1. The molecular formula is C23H27N3O3S. The lowest BCUT2D eigenvalue weighted by Crippen LogP contribution is -2.35. The highest BCUT2D eigenvalue weighted by molar-refractivity contribution is 7.93. The molecule has 1 aliphatic heterocycles. The van der Waals surface area contributed by atoms with Gasteiger partial charge in [0.25, 0.3) is 10.0 Å². The summed E-state index contributed by atoms with van der Waals surface area (Å²) in [7, 11) is 0.171. The predicted octanol–water partition coefficient (Wildman–Crippen LogP) is 3.54. The lowest BCUT2D eigenvalue weighted by molar-refractivity contribution is 0.0342. The summed E-state index contributed by atoms with van der Waals surface area (Å²) in [6.07, 6.45) is 0. The molecule has 0 bridgehead atoms. The number of nitrogens with one attached hydrogen (secondary N) is 1. The molecular weight excluding hydrogens is 398 g/mol. The van der Waals surface area contributed by atoms with E-state index in [0.29, 0.717) is 11.1 Å². The highest BCUT2D eigenvalue weighted by Gasteiger charge is 2.19. The maximum atomic E-state index is 13.2. The van der Waals surface area contributed by atoms with Crippen molar-refractivity contribution in [3.63, 3.8) is 0 Å². The Bertz CT molecular complexity index is 1140. The van der Waals surface area contributed by atoms with E-state index in [9.17, 15) is 8.42 Å². The number of hydrogen-bond acceptors (Lipinski definition) is 5. The Morgan fingerprint density at radius 1 is 0.967 bits per heavy atom. The summed E-state index contributed by atoms with van der Waals surface area (Å²) in [5.41, 5.74) is 2.63. The van der Waals surface area contributed by atoms with Crippen molar-refractivity contribution in [2.75, 3.05) is 50.0 Å². The fourth-order valence-electron chi connectivity index (χ4n) is 3.85. The van der Waals surface area contributed by atoms with E-state index in [1.165, 1.54) is 0 Å². The van der Waals surface area contributed by atoms with E-state index in [4.69, 9.17) is 4.74 Å². The molecule has 1 N–H and O–H groups in total. The number of rotatable bonds is 6. The molecule has 0 radical (unpaired) electrons. The number of nitrogens with zero attached hydrogens (tertiary/aromatic N) is 2. The van der Waals surface area contributed by atoms with Gasteiger partial charge in [-0.15, -0.1) is 0 Å². The Labute approximate surface area is 178 Å². The van der Waals surface area contributed by atoms with E-state index in [1.807, 2.05) is 61.5 Å². The first kappa shape index (κ1) is 20.7. The number of morpholine rings is 1.